The smallest absolute Gasteiger partial charge is 0.360 e. The highest BCUT2D eigenvalue weighted by atomic mass is 16.5. The number of methoxy groups -OCH3 is 1. The van der Waals surface area contributed by atoms with Gasteiger partial charge in [-0.25, -0.2) is 9.59 Å². The van der Waals surface area contributed by atoms with Gasteiger partial charge in [0, 0.05) is 0 Å². The first kappa shape index (κ1) is 11.2. The molecule has 1 aromatic rings. The molecule has 1 aliphatic rings. The Balaban J connectivity index is 2.33. The van der Waals surface area contributed by atoms with E-state index in [2.05, 4.69) is 10.1 Å². The number of aryl methyl sites for hydroxylation is 1. The zero-order chi connectivity index (χ0) is 12.4. The number of nitrogens with one attached hydrogen (secondary N) is 1. The van der Waals surface area contributed by atoms with Crippen LogP contribution < -0.4 is 10.1 Å². The van der Waals surface area contributed by atoms with Crippen molar-refractivity contribution in [3.8, 4) is 5.75 Å². The number of anilines is 1. The second kappa shape index (κ2) is 4.29. The fourth-order valence-electron chi connectivity index (χ4n) is 1.44. The molecule has 2 rings (SSSR count). The van der Waals surface area contributed by atoms with Gasteiger partial charge in [0.25, 0.3) is 0 Å². The van der Waals surface area contributed by atoms with Gasteiger partial charge in [0.15, 0.2) is 5.75 Å². The lowest BCUT2D eigenvalue weighted by molar-refractivity contribution is -0.136. The molecule has 0 spiro atoms. The van der Waals surface area contributed by atoms with Crippen molar-refractivity contribution in [2.45, 2.75) is 6.92 Å². The first-order chi connectivity index (χ1) is 8.10. The number of hydrogen-bond donors (Lipinski definition) is 1. The Morgan fingerprint density at radius 3 is 2.94 bits per heavy atom. The molecule has 0 aromatic heterocycles. The number of hydrogen-bond acceptors (Lipinski definition) is 5. The minimum Gasteiger partial charge on any atom is -0.466 e. The first-order valence-electron chi connectivity index (χ1n) is 4.99. The highest BCUT2D eigenvalue weighted by molar-refractivity contribution is 6.02. The topological polar surface area (TPSA) is 64.6 Å². The van der Waals surface area contributed by atoms with E-state index in [1.54, 1.807) is 12.1 Å². The van der Waals surface area contributed by atoms with Crippen molar-refractivity contribution in [3.63, 3.8) is 0 Å². The Morgan fingerprint density at radius 1 is 1.47 bits per heavy atom. The van der Waals surface area contributed by atoms with Gasteiger partial charge in [0.05, 0.1) is 18.9 Å². The Labute approximate surface area is 98.0 Å². The van der Waals surface area contributed by atoms with E-state index in [4.69, 9.17) is 4.74 Å². The molecule has 0 unspecified atom stereocenters. The van der Waals surface area contributed by atoms with Crippen molar-refractivity contribution in [1.82, 2.24) is 0 Å². The predicted molar refractivity (Wildman–Crippen MR) is 60.5 cm³/mol. The molecule has 0 saturated heterocycles. The van der Waals surface area contributed by atoms with Crippen LogP contribution in [0.15, 0.2) is 30.0 Å². The summed E-state index contributed by atoms with van der Waals surface area (Å²) in [5, 5.41) is 2.82. The van der Waals surface area contributed by atoms with Gasteiger partial charge in [-0.3, -0.25) is 0 Å². The van der Waals surface area contributed by atoms with Gasteiger partial charge < -0.3 is 14.8 Å². The molecule has 0 bridgehead atoms. The second-order valence-corrected chi connectivity index (χ2v) is 3.60. The van der Waals surface area contributed by atoms with Crippen LogP contribution in [0, 0.1) is 6.92 Å². The van der Waals surface area contributed by atoms with Crippen LogP contribution in [0.3, 0.4) is 0 Å². The van der Waals surface area contributed by atoms with Crippen LogP contribution >= 0.6 is 0 Å². The summed E-state index contributed by atoms with van der Waals surface area (Å²) in [6.07, 6.45) is 1.06. The van der Waals surface area contributed by atoms with E-state index in [1.165, 1.54) is 7.11 Å². The van der Waals surface area contributed by atoms with Crippen molar-refractivity contribution in [2.75, 3.05) is 12.4 Å². The van der Waals surface area contributed by atoms with Gasteiger partial charge in [-0.15, -0.1) is 0 Å². The third kappa shape index (κ3) is 2.28. The zero-order valence-corrected chi connectivity index (χ0v) is 9.44. The normalized spacial score (nSPS) is 15.9. The standard InChI is InChI=1S/C12H11NO4/c1-7-3-4-8-10(5-7)17-12(15)9(13-8)6-11(14)16-2/h3-6,13H,1-2H3/b9-6-. The molecule has 0 amide bonds. The third-order valence-electron chi connectivity index (χ3n) is 2.29. The summed E-state index contributed by atoms with van der Waals surface area (Å²) in [5.74, 6) is -0.759. The molecule has 1 aromatic carbocycles. The van der Waals surface area contributed by atoms with E-state index in [0.29, 0.717) is 11.4 Å². The molecule has 0 saturated carbocycles. The summed E-state index contributed by atoms with van der Waals surface area (Å²) in [6, 6.07) is 5.40. The fourth-order valence-corrected chi connectivity index (χ4v) is 1.44. The number of fused-ring (bicyclic) bond motifs is 1. The number of ether oxygens (including phenoxy) is 2. The molecular formula is C12H11NO4. The summed E-state index contributed by atoms with van der Waals surface area (Å²) in [5.41, 5.74) is 1.69. The van der Waals surface area contributed by atoms with Gasteiger partial charge in [-0.2, -0.15) is 0 Å². The Morgan fingerprint density at radius 2 is 2.24 bits per heavy atom. The molecular weight excluding hydrogens is 222 g/mol. The van der Waals surface area contributed by atoms with Crippen LogP contribution in [0.4, 0.5) is 5.69 Å². The second-order valence-electron chi connectivity index (χ2n) is 3.60. The monoisotopic (exact) mass is 233 g/mol. The SMILES string of the molecule is COC(=O)/C=C1\Nc2ccc(C)cc2OC1=O. The molecule has 88 valence electrons. The summed E-state index contributed by atoms with van der Waals surface area (Å²) >= 11 is 0. The minimum atomic E-state index is -0.611. The molecule has 0 aliphatic carbocycles. The van der Waals surface area contributed by atoms with Gasteiger partial charge in [0.1, 0.15) is 5.70 Å². The number of carbonyl (C=O) groups excluding carboxylic acids is 2. The molecule has 1 N–H and O–H groups in total. The summed E-state index contributed by atoms with van der Waals surface area (Å²) < 4.78 is 9.54. The van der Waals surface area contributed by atoms with E-state index >= 15 is 0 Å². The van der Waals surface area contributed by atoms with Crippen LogP contribution in [0.1, 0.15) is 5.56 Å². The van der Waals surface area contributed by atoms with Crippen LogP contribution in [0.5, 0.6) is 5.75 Å². The van der Waals surface area contributed by atoms with Crippen LogP contribution in [0.2, 0.25) is 0 Å². The lowest BCUT2D eigenvalue weighted by Crippen LogP contribution is -2.24. The van der Waals surface area contributed by atoms with E-state index in [1.807, 2.05) is 13.0 Å². The Hall–Kier alpha value is -2.30. The minimum absolute atomic E-state index is 0.0632. The van der Waals surface area contributed by atoms with E-state index in [-0.39, 0.29) is 5.70 Å². The number of carbonyl (C=O) groups is 2. The zero-order valence-electron chi connectivity index (χ0n) is 9.44. The largest absolute Gasteiger partial charge is 0.466 e. The van der Waals surface area contributed by atoms with Crippen molar-refractivity contribution in [1.29, 1.82) is 0 Å². The molecule has 17 heavy (non-hydrogen) atoms. The van der Waals surface area contributed by atoms with Crippen LogP contribution in [-0.2, 0) is 14.3 Å². The number of benzene rings is 1. The lowest BCUT2D eigenvalue weighted by atomic mass is 10.2. The van der Waals surface area contributed by atoms with Crippen molar-refractivity contribution >= 4 is 17.6 Å². The van der Waals surface area contributed by atoms with Crippen molar-refractivity contribution in [3.05, 3.63) is 35.5 Å². The highest BCUT2D eigenvalue weighted by Gasteiger charge is 2.22. The van der Waals surface area contributed by atoms with Gasteiger partial charge >= 0.3 is 11.9 Å². The third-order valence-corrected chi connectivity index (χ3v) is 2.29. The van der Waals surface area contributed by atoms with E-state index in [0.717, 1.165) is 11.6 Å². The highest BCUT2D eigenvalue weighted by Crippen LogP contribution is 2.31. The summed E-state index contributed by atoms with van der Waals surface area (Å²) in [7, 11) is 1.24. The maximum Gasteiger partial charge on any atom is 0.360 e. The van der Waals surface area contributed by atoms with E-state index in [9.17, 15) is 9.59 Å². The van der Waals surface area contributed by atoms with Gasteiger partial charge in [-0.1, -0.05) is 6.07 Å². The average molecular weight is 233 g/mol. The summed E-state index contributed by atoms with van der Waals surface area (Å²) in [6.45, 7) is 1.90. The quantitative estimate of drug-likeness (QED) is 0.451. The molecule has 0 radical (unpaired) electrons. The Kier molecular flexibility index (Phi) is 2.82. The van der Waals surface area contributed by atoms with Gasteiger partial charge in [-0.05, 0) is 24.6 Å². The van der Waals surface area contributed by atoms with Crippen molar-refractivity contribution in [2.24, 2.45) is 0 Å². The summed E-state index contributed by atoms with van der Waals surface area (Å²) in [4.78, 5) is 22.6. The lowest BCUT2D eigenvalue weighted by Gasteiger charge is -2.19. The van der Waals surface area contributed by atoms with E-state index < -0.39 is 11.9 Å². The molecule has 5 heteroatoms. The fraction of sp³-hybridized carbons (Fsp3) is 0.167. The van der Waals surface area contributed by atoms with Gasteiger partial charge in [0.2, 0.25) is 0 Å². The predicted octanol–water partition coefficient (Wildman–Crippen LogP) is 1.38. The molecule has 0 atom stereocenters. The number of rotatable bonds is 1. The number of esters is 2. The first-order valence-corrected chi connectivity index (χ1v) is 4.99. The van der Waals surface area contributed by atoms with Crippen molar-refractivity contribution < 1.29 is 19.1 Å². The molecule has 1 heterocycles. The van der Waals surface area contributed by atoms with Crippen LogP contribution in [-0.4, -0.2) is 19.0 Å². The Bertz CT molecular complexity index is 519. The molecule has 5 nitrogen and oxygen atoms in total. The maximum absolute atomic E-state index is 11.6. The maximum atomic E-state index is 11.6. The average Bonchev–Trinajstić information content (AvgIpc) is 2.30. The molecule has 0 fully saturated rings. The van der Waals surface area contributed by atoms with Crippen LogP contribution in [0.25, 0.3) is 0 Å². The molecule has 1 aliphatic heterocycles.